The molecule has 0 aliphatic rings. The molecule has 0 fully saturated rings. The summed E-state index contributed by atoms with van der Waals surface area (Å²) in [5.74, 6) is 1.01. The molecule has 120 valence electrons. The lowest BCUT2D eigenvalue weighted by atomic mass is 10.2. The van der Waals surface area contributed by atoms with E-state index in [9.17, 15) is 4.79 Å². The van der Waals surface area contributed by atoms with Crippen molar-refractivity contribution in [2.45, 2.75) is 40.2 Å². The highest BCUT2D eigenvalue weighted by molar-refractivity contribution is 7.11. The largest absolute Gasteiger partial charge is 0.360 e. The van der Waals surface area contributed by atoms with E-state index in [0.29, 0.717) is 11.6 Å². The molecule has 0 saturated heterocycles. The molecule has 6 nitrogen and oxygen atoms in total. The van der Waals surface area contributed by atoms with Crippen molar-refractivity contribution in [3.05, 3.63) is 27.4 Å². The summed E-state index contributed by atoms with van der Waals surface area (Å²) in [6.07, 6.45) is 0.938. The number of hydrogen-bond acceptors (Lipinski definition) is 6. The predicted octanol–water partition coefficient (Wildman–Crippen LogP) is 2.94. The van der Waals surface area contributed by atoms with E-state index in [4.69, 9.17) is 4.52 Å². The van der Waals surface area contributed by atoms with Crippen LogP contribution in [0.25, 0.3) is 0 Å². The fourth-order valence-corrected chi connectivity index (χ4v) is 3.30. The number of nitrogens with zero attached hydrogens (tertiary/aromatic N) is 3. The van der Waals surface area contributed by atoms with Gasteiger partial charge in [-0.3, -0.25) is 9.69 Å². The van der Waals surface area contributed by atoms with Crippen molar-refractivity contribution in [3.63, 3.8) is 0 Å². The lowest BCUT2D eigenvalue weighted by molar-refractivity contribution is -0.117. The van der Waals surface area contributed by atoms with E-state index in [1.807, 2.05) is 18.9 Å². The zero-order valence-electron chi connectivity index (χ0n) is 13.6. The van der Waals surface area contributed by atoms with Crippen LogP contribution in [0.3, 0.4) is 0 Å². The highest BCUT2D eigenvalue weighted by Crippen LogP contribution is 2.28. The van der Waals surface area contributed by atoms with Gasteiger partial charge in [-0.05, 0) is 34.2 Å². The van der Waals surface area contributed by atoms with Gasteiger partial charge in [0.15, 0.2) is 5.82 Å². The molecule has 1 amide bonds. The Bertz CT molecular complexity index is 650. The average Bonchev–Trinajstić information content (AvgIpc) is 3.03. The molecule has 1 N–H and O–H groups in total. The van der Waals surface area contributed by atoms with Crippen LogP contribution < -0.4 is 5.32 Å². The second-order valence-corrected chi connectivity index (χ2v) is 6.49. The monoisotopic (exact) mass is 322 g/mol. The molecule has 2 aromatic heterocycles. The Morgan fingerprint density at radius 2 is 2.23 bits per heavy atom. The Hall–Kier alpha value is -1.73. The number of aromatic nitrogens is 2. The highest BCUT2D eigenvalue weighted by atomic mass is 32.1. The summed E-state index contributed by atoms with van der Waals surface area (Å²) in [4.78, 5) is 19.8. The maximum Gasteiger partial charge on any atom is 0.239 e. The molecule has 0 unspecified atom stereocenters. The van der Waals surface area contributed by atoms with Gasteiger partial charge in [0.05, 0.1) is 17.2 Å². The summed E-state index contributed by atoms with van der Waals surface area (Å²) >= 11 is 1.72. The summed E-state index contributed by atoms with van der Waals surface area (Å²) in [5, 5.41) is 7.63. The maximum atomic E-state index is 12.1. The minimum atomic E-state index is -0.111. The van der Waals surface area contributed by atoms with Crippen LogP contribution in [0.2, 0.25) is 0 Å². The zero-order chi connectivity index (χ0) is 16.3. The number of hydrogen-bond donors (Lipinski definition) is 1. The Morgan fingerprint density at radius 1 is 1.50 bits per heavy atom. The topological polar surface area (TPSA) is 71.3 Å². The third-order valence-corrected chi connectivity index (χ3v) is 4.98. The Morgan fingerprint density at radius 3 is 2.77 bits per heavy atom. The number of nitrogens with one attached hydrogen (secondary N) is 1. The second-order valence-electron chi connectivity index (χ2n) is 5.37. The number of aryl methyl sites for hydroxylation is 3. The van der Waals surface area contributed by atoms with Gasteiger partial charge >= 0.3 is 0 Å². The van der Waals surface area contributed by atoms with Crippen LogP contribution in [0, 0.1) is 13.8 Å². The molecule has 0 aliphatic heterocycles. The first kappa shape index (κ1) is 16.6. The van der Waals surface area contributed by atoms with Crippen molar-refractivity contribution in [2.24, 2.45) is 0 Å². The van der Waals surface area contributed by atoms with Crippen molar-refractivity contribution in [3.8, 4) is 0 Å². The molecular formula is C15H22N4O2S. The first-order valence-electron chi connectivity index (χ1n) is 7.30. The Labute approximate surface area is 134 Å². The summed E-state index contributed by atoms with van der Waals surface area (Å²) in [6, 6.07) is 1.84. The summed E-state index contributed by atoms with van der Waals surface area (Å²) < 4.78 is 4.93. The Balaban J connectivity index is 1.96. The van der Waals surface area contributed by atoms with Crippen LogP contribution in [-0.4, -0.2) is 34.5 Å². The predicted molar refractivity (Wildman–Crippen MR) is 87.1 cm³/mol. The molecule has 0 aromatic carbocycles. The van der Waals surface area contributed by atoms with Gasteiger partial charge in [-0.1, -0.05) is 12.1 Å². The number of carbonyl (C=O) groups excluding carboxylic acids is 1. The molecule has 2 aromatic rings. The molecule has 0 saturated carbocycles. The molecule has 22 heavy (non-hydrogen) atoms. The lowest BCUT2D eigenvalue weighted by Gasteiger charge is -2.23. The van der Waals surface area contributed by atoms with Gasteiger partial charge in [-0.15, -0.1) is 11.3 Å². The van der Waals surface area contributed by atoms with E-state index in [1.165, 1.54) is 4.88 Å². The molecule has 0 radical (unpaired) electrons. The first-order chi connectivity index (χ1) is 10.4. The molecule has 2 rings (SSSR count). The lowest BCUT2D eigenvalue weighted by Crippen LogP contribution is -2.32. The molecular weight excluding hydrogens is 300 g/mol. The molecule has 0 spiro atoms. The summed E-state index contributed by atoms with van der Waals surface area (Å²) in [6.45, 7) is 8.28. The van der Waals surface area contributed by atoms with Crippen LogP contribution in [-0.2, 0) is 11.2 Å². The molecule has 2 heterocycles. The minimum Gasteiger partial charge on any atom is -0.360 e. The number of thiazole rings is 1. The van der Waals surface area contributed by atoms with Crippen LogP contribution in [0.1, 0.15) is 41.2 Å². The normalized spacial score (nSPS) is 12.6. The quantitative estimate of drug-likeness (QED) is 0.885. The van der Waals surface area contributed by atoms with Gasteiger partial charge in [0.1, 0.15) is 5.76 Å². The molecule has 7 heteroatoms. The summed E-state index contributed by atoms with van der Waals surface area (Å²) in [5.41, 5.74) is 1.05. The van der Waals surface area contributed by atoms with Crippen molar-refractivity contribution in [1.82, 2.24) is 15.0 Å². The van der Waals surface area contributed by atoms with Crippen LogP contribution >= 0.6 is 11.3 Å². The van der Waals surface area contributed by atoms with E-state index in [1.54, 1.807) is 24.3 Å². The fourth-order valence-electron chi connectivity index (χ4n) is 2.18. The molecule has 0 bridgehead atoms. The average molecular weight is 322 g/mol. The van der Waals surface area contributed by atoms with Gasteiger partial charge in [0, 0.05) is 17.0 Å². The number of likely N-dealkylation sites (N-methyl/N-ethyl adjacent to an activating group) is 1. The SMILES string of the molecule is CCc1nc(C)c([C@H](C)N(C)CC(=O)Nc2cc(C)on2)s1. The fraction of sp³-hybridized carbons (Fsp3) is 0.533. The van der Waals surface area contributed by atoms with Crippen LogP contribution in [0.4, 0.5) is 5.82 Å². The van der Waals surface area contributed by atoms with E-state index in [0.717, 1.165) is 17.1 Å². The standard InChI is InChI=1S/C15H22N4O2S/c1-6-14-16-10(3)15(22-14)11(4)19(5)8-13(20)17-12-7-9(2)21-18-12/h7,11H,6,8H2,1-5H3,(H,17,18,20)/t11-/m0/s1. The van der Waals surface area contributed by atoms with Gasteiger partial charge in [-0.2, -0.15) is 0 Å². The van der Waals surface area contributed by atoms with Crippen molar-refractivity contribution >= 4 is 23.1 Å². The number of rotatable bonds is 6. The van der Waals surface area contributed by atoms with Crippen molar-refractivity contribution in [1.29, 1.82) is 0 Å². The van der Waals surface area contributed by atoms with Crippen LogP contribution in [0.5, 0.6) is 0 Å². The van der Waals surface area contributed by atoms with Crippen LogP contribution in [0.15, 0.2) is 10.6 Å². The minimum absolute atomic E-state index is 0.111. The van der Waals surface area contributed by atoms with Gasteiger partial charge < -0.3 is 9.84 Å². The maximum absolute atomic E-state index is 12.1. The van der Waals surface area contributed by atoms with E-state index >= 15 is 0 Å². The number of anilines is 1. The third-order valence-electron chi connectivity index (χ3n) is 3.51. The zero-order valence-corrected chi connectivity index (χ0v) is 14.5. The van der Waals surface area contributed by atoms with E-state index in [2.05, 4.69) is 29.3 Å². The number of carbonyl (C=O) groups is 1. The van der Waals surface area contributed by atoms with Gasteiger partial charge in [0.25, 0.3) is 0 Å². The molecule has 0 aliphatic carbocycles. The number of amides is 1. The Kier molecular flexibility index (Phi) is 5.31. The van der Waals surface area contributed by atoms with Crippen molar-refractivity contribution in [2.75, 3.05) is 18.9 Å². The van der Waals surface area contributed by atoms with E-state index in [-0.39, 0.29) is 18.5 Å². The van der Waals surface area contributed by atoms with Crippen molar-refractivity contribution < 1.29 is 9.32 Å². The van der Waals surface area contributed by atoms with Gasteiger partial charge in [0.2, 0.25) is 5.91 Å². The van der Waals surface area contributed by atoms with Gasteiger partial charge in [-0.25, -0.2) is 4.98 Å². The second kappa shape index (κ2) is 7.02. The smallest absolute Gasteiger partial charge is 0.239 e. The first-order valence-corrected chi connectivity index (χ1v) is 8.12. The highest BCUT2D eigenvalue weighted by Gasteiger charge is 2.20. The summed E-state index contributed by atoms with van der Waals surface area (Å²) in [7, 11) is 1.93. The molecule has 1 atom stereocenters. The van der Waals surface area contributed by atoms with E-state index < -0.39 is 0 Å². The third kappa shape index (κ3) is 3.92.